The number of nitrogens with one attached hydrogen (secondary N) is 2. The summed E-state index contributed by atoms with van der Waals surface area (Å²) in [6.45, 7) is 10.2. The number of H-pyrrole nitrogens is 2. The first-order chi connectivity index (χ1) is 46.0. The molecule has 98 heavy (non-hydrogen) atoms. The van der Waals surface area contributed by atoms with Crippen LogP contribution in [0.1, 0.15) is 147 Å². The standard InChI is InChI=1S/2C19H18Cl2N4O4S.C12H9Cl3N2O3S.C7H10N2O.C6H15N/c1-24-17(7-15(23-24)11-3-4-11)29-19(26)13-5-6-16(30(2,27)28)14(18(13)21)10-25-9-12(20)8-22-25;1-24-19(27)15(17(23-24)10-3-4-10)18(26)12-5-6-14(30(2,28)29)13(16(12)21)9-25-8-11(20)7-22-25;1-21(19,20)10-3-2-8(12(15)18)11(14)9(10)6-17-5-7(13)4-16-17;1-9-7(10)4-6(8-9)5-2-3-5;1-4-7(5-2)6-3/h5-9,11H,3-4,10H2,1-2H3;5-8,10,23H,3-4,9H2,1-2H3;2-5H,6H2,1H3;4-5,8H,2-3H2,1H3;4-6H2,1-3H3. The van der Waals surface area contributed by atoms with E-state index in [0.29, 0.717) is 38.5 Å². The van der Waals surface area contributed by atoms with Gasteiger partial charge in [0, 0.05) is 116 Å². The van der Waals surface area contributed by atoms with Crippen molar-refractivity contribution in [1.82, 2.24) is 63.6 Å². The zero-order valence-electron chi connectivity index (χ0n) is 54.5. The molecule has 526 valence electrons. The molecule has 0 aliphatic heterocycles. The van der Waals surface area contributed by atoms with Crippen molar-refractivity contribution in [3.05, 3.63) is 193 Å². The first-order valence-corrected chi connectivity index (χ1v) is 38.7. The summed E-state index contributed by atoms with van der Waals surface area (Å²) in [5, 5.41) is 22.8. The number of aryl methyl sites for hydroxylation is 3. The molecule has 2 N–H and O–H groups in total. The van der Waals surface area contributed by atoms with Crippen molar-refractivity contribution in [1.29, 1.82) is 0 Å². The van der Waals surface area contributed by atoms with Crippen LogP contribution in [0.5, 0.6) is 5.88 Å². The van der Waals surface area contributed by atoms with Crippen molar-refractivity contribution in [2.75, 3.05) is 38.4 Å². The van der Waals surface area contributed by atoms with Gasteiger partial charge in [0.1, 0.15) is 5.56 Å². The number of benzene rings is 3. The summed E-state index contributed by atoms with van der Waals surface area (Å²) in [5.41, 5.74) is 3.10. The number of sulfone groups is 3. The smallest absolute Gasteiger partial charge is 0.346 e. The van der Waals surface area contributed by atoms with E-state index in [1.165, 1.54) is 134 Å². The lowest BCUT2D eigenvalue weighted by Gasteiger charge is -2.14. The second-order valence-corrected chi connectivity index (χ2v) is 32.2. The minimum Gasteiger partial charge on any atom is -0.404 e. The van der Waals surface area contributed by atoms with Gasteiger partial charge in [-0.05, 0) is 106 Å². The van der Waals surface area contributed by atoms with E-state index >= 15 is 0 Å². The molecular formula is C63H70Cl7N13O12S3. The fourth-order valence-electron chi connectivity index (χ4n) is 10.2. The molecule has 0 bridgehead atoms. The number of carbonyl (C=O) groups excluding carboxylic acids is 3. The van der Waals surface area contributed by atoms with Crippen LogP contribution in [0.2, 0.25) is 30.1 Å². The predicted octanol–water partition coefficient (Wildman–Crippen LogP) is 11.2. The number of esters is 1. The molecule has 3 saturated carbocycles. The lowest BCUT2D eigenvalue weighted by Crippen LogP contribution is -2.21. The van der Waals surface area contributed by atoms with Crippen LogP contribution >= 0.6 is 81.2 Å². The Morgan fingerprint density at radius 2 is 0.969 bits per heavy atom. The summed E-state index contributed by atoms with van der Waals surface area (Å²) in [4.78, 5) is 63.3. The second-order valence-electron chi connectivity index (χ2n) is 23.4. The highest BCUT2D eigenvalue weighted by molar-refractivity contribution is 7.91. The van der Waals surface area contributed by atoms with E-state index in [1.54, 1.807) is 33.3 Å². The molecule has 3 aromatic carbocycles. The molecule has 0 saturated heterocycles. The van der Waals surface area contributed by atoms with Crippen molar-refractivity contribution < 1.29 is 44.4 Å². The van der Waals surface area contributed by atoms with Gasteiger partial charge in [-0.3, -0.25) is 52.8 Å². The maximum Gasteiger partial charge on any atom is 0.346 e. The van der Waals surface area contributed by atoms with Crippen molar-refractivity contribution in [2.24, 2.45) is 21.1 Å². The Morgan fingerprint density at radius 1 is 0.561 bits per heavy atom. The van der Waals surface area contributed by atoms with Crippen molar-refractivity contribution in [2.45, 2.75) is 111 Å². The summed E-state index contributed by atoms with van der Waals surface area (Å²) < 4.78 is 86.9. The maximum atomic E-state index is 13.3. The first kappa shape index (κ1) is 76.9. The molecule has 12 rings (SSSR count). The second kappa shape index (κ2) is 32.2. The number of ether oxygens (including phenoxy) is 1. The Morgan fingerprint density at radius 3 is 1.33 bits per heavy atom. The minimum absolute atomic E-state index is 0.00426. The quantitative estimate of drug-likeness (QED) is 0.0407. The zero-order chi connectivity index (χ0) is 72.0. The molecule has 6 heterocycles. The Hall–Kier alpha value is -6.83. The number of aromatic amines is 2. The van der Waals surface area contributed by atoms with E-state index in [0.717, 1.165) is 55.8 Å². The molecule has 3 aliphatic rings. The monoisotopic (exact) mass is 1540 g/mol. The SMILES string of the molecule is CCN(CC)CC.CS(=O)(=O)c1ccc(C(=O)Cl)c(Cl)c1Cn1cc(Cl)cn1.Cn1[nH]c(C2CC2)c(C(=O)c2ccc(S(C)(=O)=O)c(Cn3cc(Cl)cn3)c2Cl)c1=O.Cn1[nH]c(C2CC2)cc1=O.Cn1nc(C2CC2)cc1OC(=O)c1ccc(S(C)(=O)=O)c(Cn2cc(Cl)cn2)c1Cl. The van der Waals surface area contributed by atoms with E-state index in [9.17, 15) is 49.2 Å². The molecule has 6 aromatic heterocycles. The number of nitrogens with zero attached hydrogens (tertiary/aromatic N) is 11. The lowest BCUT2D eigenvalue weighted by atomic mass is 9.99. The third-order valence-electron chi connectivity index (χ3n) is 15.8. The Balaban J connectivity index is 0.000000169. The molecule has 3 aliphatic carbocycles. The van der Waals surface area contributed by atoms with Gasteiger partial charge >= 0.3 is 5.97 Å². The van der Waals surface area contributed by atoms with E-state index < -0.39 is 52.1 Å². The van der Waals surface area contributed by atoms with E-state index in [1.807, 2.05) is 0 Å². The van der Waals surface area contributed by atoms with Gasteiger partial charge in [0.2, 0.25) is 11.7 Å². The molecule has 0 unspecified atom stereocenters. The number of hydrogen-bond acceptors (Lipinski definition) is 17. The highest BCUT2D eigenvalue weighted by atomic mass is 35.5. The fourth-order valence-corrected chi connectivity index (χ4v) is 14.8. The summed E-state index contributed by atoms with van der Waals surface area (Å²) in [5.74, 6) is 0.250. The van der Waals surface area contributed by atoms with Crippen LogP contribution in [0.4, 0.5) is 0 Å². The number of hydrogen-bond donors (Lipinski definition) is 2. The maximum absolute atomic E-state index is 13.3. The highest BCUT2D eigenvalue weighted by Crippen LogP contribution is 2.43. The van der Waals surface area contributed by atoms with Gasteiger partial charge in [-0.1, -0.05) is 90.4 Å². The number of rotatable bonds is 20. The largest absolute Gasteiger partial charge is 0.404 e. The summed E-state index contributed by atoms with van der Waals surface area (Å²) >= 11 is 42.2. The Kier molecular flexibility index (Phi) is 25.3. The molecular weight excluding hydrogens is 1480 g/mol. The Labute approximate surface area is 600 Å². The van der Waals surface area contributed by atoms with Crippen LogP contribution in [-0.4, -0.2) is 144 Å². The van der Waals surface area contributed by atoms with Crippen molar-refractivity contribution >= 4 is 128 Å². The average molecular weight is 1550 g/mol. The van der Waals surface area contributed by atoms with E-state index in [-0.39, 0.29) is 99.8 Å². The van der Waals surface area contributed by atoms with E-state index in [4.69, 9.17) is 85.9 Å². The van der Waals surface area contributed by atoms with Gasteiger partial charge in [-0.15, -0.1) is 0 Å². The normalized spacial score (nSPS) is 13.7. The fraction of sp³-hybridized carbons (Fsp3) is 0.381. The number of ketones is 1. The Bertz CT molecular complexity index is 4930. The molecule has 0 spiro atoms. The predicted molar refractivity (Wildman–Crippen MR) is 376 cm³/mol. The van der Waals surface area contributed by atoms with Crippen molar-refractivity contribution in [3.63, 3.8) is 0 Å². The number of halogens is 7. The highest BCUT2D eigenvalue weighted by Gasteiger charge is 2.35. The third-order valence-corrected chi connectivity index (χ3v) is 21.5. The first-order valence-electron chi connectivity index (χ1n) is 30.4. The molecule has 35 heteroatoms. The molecule has 0 amide bonds. The molecule has 0 radical (unpaired) electrons. The molecule has 0 atom stereocenters. The zero-order valence-corrected chi connectivity index (χ0v) is 62.2. The van der Waals surface area contributed by atoms with Crippen LogP contribution in [-0.2, 0) is 70.3 Å². The van der Waals surface area contributed by atoms with Gasteiger partial charge in [-0.25, -0.2) is 34.7 Å². The van der Waals surface area contributed by atoms with Gasteiger partial charge in [0.25, 0.3) is 16.4 Å². The molecule has 9 aromatic rings. The lowest BCUT2D eigenvalue weighted by molar-refractivity contribution is 0.0719. The number of aromatic nitrogens is 12. The van der Waals surface area contributed by atoms with Crippen molar-refractivity contribution in [3.8, 4) is 5.88 Å². The molecule has 25 nitrogen and oxygen atoms in total. The van der Waals surface area contributed by atoms with Gasteiger partial charge < -0.3 is 9.64 Å². The number of carbonyl (C=O) groups is 3. The van der Waals surface area contributed by atoms with Crippen LogP contribution in [0.15, 0.2) is 110 Å². The van der Waals surface area contributed by atoms with Gasteiger partial charge in [0.15, 0.2) is 29.5 Å². The van der Waals surface area contributed by atoms with Crippen LogP contribution in [0.25, 0.3) is 0 Å². The minimum atomic E-state index is -3.63. The summed E-state index contributed by atoms with van der Waals surface area (Å²) in [7, 11) is -5.78. The summed E-state index contributed by atoms with van der Waals surface area (Å²) in [6.07, 6.45) is 18.4. The van der Waals surface area contributed by atoms with Gasteiger partial charge in [-0.2, -0.15) is 20.4 Å². The molecule has 3 fully saturated rings. The van der Waals surface area contributed by atoms with Crippen LogP contribution in [0, 0.1) is 0 Å². The average Bonchev–Trinajstić information content (AvgIpc) is 0.912. The van der Waals surface area contributed by atoms with Crippen LogP contribution < -0.4 is 15.9 Å². The summed E-state index contributed by atoms with van der Waals surface area (Å²) in [6, 6.07) is 11.4. The third kappa shape index (κ3) is 19.6. The van der Waals surface area contributed by atoms with Gasteiger partial charge in [0.05, 0.1) is 106 Å². The topological polar surface area (TPSA) is 313 Å². The van der Waals surface area contributed by atoms with E-state index in [2.05, 4.69) is 56.3 Å². The van der Waals surface area contributed by atoms with Crippen LogP contribution in [0.3, 0.4) is 0 Å².